The Bertz CT molecular complexity index is 1020. The molecular weight excluding hydrogens is 397 g/mol. The number of nitrogens with zero attached hydrogens (tertiary/aromatic N) is 2. The largest absolute Gasteiger partial charge is 0.382 e. The van der Waals surface area contributed by atoms with Gasteiger partial charge >= 0.3 is 0 Å². The van der Waals surface area contributed by atoms with Crippen LogP contribution in [-0.2, 0) is 9.63 Å². The zero-order valence-electron chi connectivity index (χ0n) is 16.0. The number of likely N-dealkylation sites (tertiary alicyclic amines) is 1. The minimum absolute atomic E-state index is 0.232. The minimum Gasteiger partial charge on any atom is -0.382 e. The molecule has 0 N–H and O–H groups in total. The van der Waals surface area contributed by atoms with Crippen molar-refractivity contribution in [3.05, 3.63) is 71.0 Å². The maximum Gasteiger partial charge on any atom is 0.266 e. The Kier molecular flexibility index (Phi) is 5.57. The average Bonchev–Trinajstić information content (AvgIpc) is 3.25. The van der Waals surface area contributed by atoms with Crippen LogP contribution < -0.4 is 0 Å². The summed E-state index contributed by atoms with van der Waals surface area (Å²) in [6.07, 6.45) is 0.141. The number of hydrogen-bond acceptors (Lipinski definition) is 4. The Hall–Kier alpha value is -3.16. The number of hydrogen-bond donors (Lipinski definition) is 0. The third-order valence-electron chi connectivity index (χ3n) is 5.47. The number of carbonyl (C=O) groups is 2. The smallest absolute Gasteiger partial charge is 0.266 e. The van der Waals surface area contributed by atoms with Crippen LogP contribution >= 0.6 is 0 Å². The van der Waals surface area contributed by atoms with E-state index in [0.717, 1.165) is 18.2 Å². The molecule has 2 aliphatic rings. The zero-order valence-corrected chi connectivity index (χ0v) is 16.0. The van der Waals surface area contributed by atoms with Crippen LogP contribution in [0.2, 0.25) is 0 Å². The molecule has 156 valence electrons. The highest BCUT2D eigenvalue weighted by Crippen LogP contribution is 2.26. The fourth-order valence-electron chi connectivity index (χ4n) is 3.82. The van der Waals surface area contributed by atoms with Crippen molar-refractivity contribution in [3.63, 3.8) is 0 Å². The standard InChI is InChI=1S/C22H19F3N2O3/c23-15-3-1-2-14(10-15)19-12-20(30-26-19)22(29)27-8-6-13(7-9-27)21(28)17-11-16(24)4-5-18(17)25/h1-5,10-11,13,20H,6-9,12H2. The number of benzene rings is 2. The molecule has 0 radical (unpaired) electrons. The lowest BCUT2D eigenvalue weighted by Gasteiger charge is -2.32. The van der Waals surface area contributed by atoms with Crippen LogP contribution in [0.5, 0.6) is 0 Å². The molecule has 4 rings (SSSR count). The predicted octanol–water partition coefficient (Wildman–Crippen LogP) is 3.72. The lowest BCUT2D eigenvalue weighted by Crippen LogP contribution is -2.45. The fourth-order valence-corrected chi connectivity index (χ4v) is 3.82. The summed E-state index contributed by atoms with van der Waals surface area (Å²) in [6.45, 7) is 0.614. The van der Waals surface area contributed by atoms with Crippen LogP contribution in [0.15, 0.2) is 47.6 Å². The number of Topliss-reactive ketones (excluding diaryl/α,β-unsaturated/α-hetero) is 1. The summed E-state index contributed by atoms with van der Waals surface area (Å²) < 4.78 is 40.7. The van der Waals surface area contributed by atoms with E-state index < -0.39 is 35.3 Å². The molecule has 1 fully saturated rings. The van der Waals surface area contributed by atoms with Crippen LogP contribution in [0.1, 0.15) is 35.2 Å². The number of rotatable bonds is 4. The monoisotopic (exact) mass is 416 g/mol. The Balaban J connectivity index is 1.34. The van der Waals surface area contributed by atoms with Gasteiger partial charge in [0.15, 0.2) is 5.78 Å². The second kappa shape index (κ2) is 8.30. The van der Waals surface area contributed by atoms with E-state index in [-0.39, 0.29) is 17.9 Å². The Labute approximate surface area is 171 Å². The van der Waals surface area contributed by atoms with Crippen molar-refractivity contribution >= 4 is 17.4 Å². The Morgan fingerprint density at radius 1 is 1.00 bits per heavy atom. The van der Waals surface area contributed by atoms with Crippen LogP contribution in [0.4, 0.5) is 13.2 Å². The highest BCUT2D eigenvalue weighted by Gasteiger charge is 2.36. The molecule has 30 heavy (non-hydrogen) atoms. The van der Waals surface area contributed by atoms with E-state index in [1.807, 2.05) is 0 Å². The van der Waals surface area contributed by atoms with Crippen molar-refractivity contribution in [2.75, 3.05) is 13.1 Å². The van der Waals surface area contributed by atoms with E-state index in [9.17, 15) is 22.8 Å². The molecule has 2 aromatic carbocycles. The van der Waals surface area contributed by atoms with E-state index in [1.54, 1.807) is 17.0 Å². The van der Waals surface area contributed by atoms with Crippen LogP contribution in [0.25, 0.3) is 0 Å². The fraction of sp³-hybridized carbons (Fsp3) is 0.318. The summed E-state index contributed by atoms with van der Waals surface area (Å²) in [5.41, 5.74) is 0.804. The number of halogens is 3. The molecule has 2 aromatic rings. The summed E-state index contributed by atoms with van der Waals surface area (Å²) in [7, 11) is 0. The normalized spacial score (nSPS) is 19.4. The van der Waals surface area contributed by atoms with Gasteiger partial charge in [0.2, 0.25) is 6.10 Å². The Morgan fingerprint density at radius 2 is 1.73 bits per heavy atom. The van der Waals surface area contributed by atoms with Gasteiger partial charge in [0.05, 0.1) is 11.3 Å². The summed E-state index contributed by atoms with van der Waals surface area (Å²) >= 11 is 0. The van der Waals surface area contributed by atoms with Gasteiger partial charge in [-0.2, -0.15) is 0 Å². The van der Waals surface area contributed by atoms with Gasteiger partial charge in [0.25, 0.3) is 5.91 Å². The van der Waals surface area contributed by atoms with Gasteiger partial charge in [-0.05, 0) is 43.2 Å². The lowest BCUT2D eigenvalue weighted by atomic mass is 9.88. The topological polar surface area (TPSA) is 59.0 Å². The van der Waals surface area contributed by atoms with Gasteiger partial charge in [-0.25, -0.2) is 13.2 Å². The molecule has 1 unspecified atom stereocenters. The van der Waals surface area contributed by atoms with E-state index in [2.05, 4.69) is 5.16 Å². The minimum atomic E-state index is -0.795. The van der Waals surface area contributed by atoms with Crippen molar-refractivity contribution in [2.45, 2.75) is 25.4 Å². The maximum absolute atomic E-state index is 13.9. The summed E-state index contributed by atoms with van der Waals surface area (Å²) in [5, 5.41) is 3.92. The predicted molar refractivity (Wildman–Crippen MR) is 102 cm³/mol. The number of ketones is 1. The first-order chi connectivity index (χ1) is 14.4. The molecule has 0 spiro atoms. The van der Waals surface area contributed by atoms with E-state index in [1.165, 1.54) is 12.1 Å². The lowest BCUT2D eigenvalue weighted by molar-refractivity contribution is -0.143. The molecule has 0 aliphatic carbocycles. The molecule has 8 heteroatoms. The van der Waals surface area contributed by atoms with Crippen molar-refractivity contribution in [1.29, 1.82) is 0 Å². The van der Waals surface area contributed by atoms with Crippen molar-refractivity contribution in [2.24, 2.45) is 11.1 Å². The zero-order chi connectivity index (χ0) is 21.3. The van der Waals surface area contributed by atoms with Gasteiger partial charge in [0, 0.05) is 31.0 Å². The second-order valence-electron chi connectivity index (χ2n) is 7.43. The number of oxime groups is 1. The van der Waals surface area contributed by atoms with E-state index in [0.29, 0.717) is 37.2 Å². The van der Waals surface area contributed by atoms with Gasteiger partial charge in [-0.3, -0.25) is 9.59 Å². The molecule has 0 saturated carbocycles. The first kappa shape index (κ1) is 20.1. The highest BCUT2D eigenvalue weighted by molar-refractivity contribution is 6.04. The van der Waals surface area contributed by atoms with Gasteiger partial charge < -0.3 is 9.74 Å². The highest BCUT2D eigenvalue weighted by atomic mass is 19.1. The van der Waals surface area contributed by atoms with Gasteiger partial charge in [0.1, 0.15) is 17.5 Å². The molecule has 0 bridgehead atoms. The number of carbonyl (C=O) groups excluding carboxylic acids is 2. The molecule has 1 amide bonds. The molecule has 1 saturated heterocycles. The van der Waals surface area contributed by atoms with E-state index >= 15 is 0 Å². The average molecular weight is 416 g/mol. The summed E-state index contributed by atoms with van der Waals surface area (Å²) in [4.78, 5) is 32.1. The second-order valence-corrected chi connectivity index (χ2v) is 7.43. The number of amides is 1. The van der Waals surface area contributed by atoms with Crippen LogP contribution in [0, 0.1) is 23.4 Å². The van der Waals surface area contributed by atoms with Crippen LogP contribution in [-0.4, -0.2) is 41.5 Å². The summed E-state index contributed by atoms with van der Waals surface area (Å²) in [5.74, 6) is -3.00. The first-order valence-electron chi connectivity index (χ1n) is 9.69. The Morgan fingerprint density at radius 3 is 2.47 bits per heavy atom. The quantitative estimate of drug-likeness (QED) is 0.714. The molecule has 2 aliphatic heterocycles. The van der Waals surface area contributed by atoms with Crippen LogP contribution in [0.3, 0.4) is 0 Å². The SMILES string of the molecule is O=C(c1cc(F)ccc1F)C1CCN(C(=O)C2CC(c3cccc(F)c3)=NO2)CC1. The van der Waals surface area contributed by atoms with Crippen molar-refractivity contribution < 1.29 is 27.6 Å². The van der Waals surface area contributed by atoms with Crippen molar-refractivity contribution in [3.8, 4) is 0 Å². The molecular formula is C22H19F3N2O3. The third-order valence-corrected chi connectivity index (χ3v) is 5.47. The number of piperidine rings is 1. The first-order valence-corrected chi connectivity index (χ1v) is 9.69. The van der Waals surface area contributed by atoms with Crippen molar-refractivity contribution in [1.82, 2.24) is 4.90 Å². The third kappa shape index (κ3) is 4.08. The molecule has 1 atom stereocenters. The molecule has 2 heterocycles. The van der Waals surface area contributed by atoms with E-state index in [4.69, 9.17) is 4.84 Å². The maximum atomic E-state index is 13.9. The van der Waals surface area contributed by atoms with Gasteiger partial charge in [-0.15, -0.1) is 0 Å². The molecule has 5 nitrogen and oxygen atoms in total. The summed E-state index contributed by atoms with van der Waals surface area (Å²) in [6, 6.07) is 8.73. The van der Waals surface area contributed by atoms with Gasteiger partial charge in [-0.1, -0.05) is 17.3 Å². The molecule has 0 aromatic heterocycles.